The Morgan fingerprint density at radius 1 is 1.46 bits per heavy atom. The Hall–Kier alpha value is -1.06. The number of carboxylic acid groups (broad SMARTS) is 1. The number of carboxylic acids is 1. The summed E-state index contributed by atoms with van der Waals surface area (Å²) in [6, 6.07) is 0. The van der Waals surface area contributed by atoms with Crippen LogP contribution in [0.3, 0.4) is 0 Å². The van der Waals surface area contributed by atoms with Crippen LogP contribution in [0.15, 0.2) is 0 Å². The lowest BCUT2D eigenvalue weighted by Gasteiger charge is -2.14. The van der Waals surface area contributed by atoms with E-state index in [4.69, 9.17) is 0 Å². The summed E-state index contributed by atoms with van der Waals surface area (Å²) >= 11 is 0. The van der Waals surface area contributed by atoms with Crippen molar-refractivity contribution in [2.75, 3.05) is 7.11 Å². The van der Waals surface area contributed by atoms with E-state index in [2.05, 4.69) is 4.74 Å². The molecule has 0 rings (SSSR count). The number of carbonyl (C=O) groups excluding carboxylic acids is 2. The Kier molecular flexibility index (Phi) is 5.93. The smallest absolute Gasteiger partial charge is 0.309 e. The predicted molar refractivity (Wildman–Crippen MR) is 44.7 cm³/mol. The lowest BCUT2D eigenvalue weighted by Crippen LogP contribution is -2.29. The number of rotatable bonds is 6. The average Bonchev–Trinajstić information content (AvgIpc) is 2.10. The van der Waals surface area contributed by atoms with E-state index >= 15 is 0 Å². The first-order valence-corrected chi connectivity index (χ1v) is 4.39. The number of hydrogen-bond donors (Lipinski definition) is 0. The van der Waals surface area contributed by atoms with Crippen molar-refractivity contribution in [3.05, 3.63) is 0 Å². The molecule has 0 radical (unpaired) electrons. The Morgan fingerprint density at radius 2 is 2.08 bits per heavy atom. The van der Waals surface area contributed by atoms with Crippen LogP contribution in [0.4, 0.5) is 0 Å². The molecule has 0 N–H and O–H groups in total. The summed E-state index contributed by atoms with van der Waals surface area (Å²) in [5.74, 6) is -2.21. The SMILES string of the molecule is CCCC[C@H](CC(=O)[O-])C(=O)OC. The van der Waals surface area contributed by atoms with Gasteiger partial charge in [-0.2, -0.15) is 0 Å². The van der Waals surface area contributed by atoms with Crippen molar-refractivity contribution in [1.29, 1.82) is 0 Å². The fourth-order valence-corrected chi connectivity index (χ4v) is 1.12. The van der Waals surface area contributed by atoms with Crippen LogP contribution in [0, 0.1) is 5.92 Å². The first kappa shape index (κ1) is 11.9. The summed E-state index contributed by atoms with van der Waals surface area (Å²) in [6.07, 6.45) is 2.07. The maximum absolute atomic E-state index is 11.0. The second kappa shape index (κ2) is 6.46. The molecule has 0 spiro atoms. The number of carbonyl (C=O) groups is 2. The number of methoxy groups -OCH3 is 1. The number of ether oxygens (including phenoxy) is 1. The molecule has 1 atom stereocenters. The molecule has 4 nitrogen and oxygen atoms in total. The van der Waals surface area contributed by atoms with Crippen LogP contribution in [0.25, 0.3) is 0 Å². The van der Waals surface area contributed by atoms with Gasteiger partial charge in [-0.25, -0.2) is 0 Å². The summed E-state index contributed by atoms with van der Waals surface area (Å²) in [7, 11) is 1.26. The normalized spacial score (nSPS) is 12.2. The van der Waals surface area contributed by atoms with Crippen LogP contribution in [0.2, 0.25) is 0 Å². The average molecular weight is 187 g/mol. The number of hydrogen-bond acceptors (Lipinski definition) is 4. The minimum absolute atomic E-state index is 0.243. The third-order valence-corrected chi connectivity index (χ3v) is 1.85. The van der Waals surface area contributed by atoms with Crippen molar-refractivity contribution in [3.63, 3.8) is 0 Å². The summed E-state index contributed by atoms with van der Waals surface area (Å²) in [5.41, 5.74) is 0. The van der Waals surface area contributed by atoms with E-state index in [-0.39, 0.29) is 6.42 Å². The maximum atomic E-state index is 11.0. The Morgan fingerprint density at radius 3 is 2.46 bits per heavy atom. The molecule has 0 bridgehead atoms. The van der Waals surface area contributed by atoms with Crippen LogP contribution in [0.1, 0.15) is 32.6 Å². The van der Waals surface area contributed by atoms with Crippen molar-refractivity contribution in [3.8, 4) is 0 Å². The van der Waals surface area contributed by atoms with E-state index in [1.54, 1.807) is 0 Å². The monoisotopic (exact) mass is 187 g/mol. The van der Waals surface area contributed by atoms with Gasteiger partial charge >= 0.3 is 5.97 Å². The van der Waals surface area contributed by atoms with Crippen LogP contribution in [0.5, 0.6) is 0 Å². The molecule has 0 saturated carbocycles. The van der Waals surface area contributed by atoms with Gasteiger partial charge in [0.2, 0.25) is 0 Å². The molecule has 0 aliphatic heterocycles. The van der Waals surface area contributed by atoms with Crippen molar-refractivity contribution in [2.45, 2.75) is 32.6 Å². The largest absolute Gasteiger partial charge is 0.550 e. The highest BCUT2D eigenvalue weighted by Crippen LogP contribution is 2.13. The standard InChI is InChI=1S/C9H16O4/c1-3-4-5-7(6-8(10)11)9(12)13-2/h7H,3-6H2,1-2H3,(H,10,11)/p-1/t7-/m1/s1. The van der Waals surface area contributed by atoms with E-state index in [0.29, 0.717) is 6.42 Å². The number of aliphatic carboxylic acids is 1. The zero-order valence-corrected chi connectivity index (χ0v) is 8.04. The van der Waals surface area contributed by atoms with Gasteiger partial charge < -0.3 is 14.6 Å². The van der Waals surface area contributed by atoms with Gasteiger partial charge in [-0.3, -0.25) is 4.79 Å². The van der Waals surface area contributed by atoms with Crippen LogP contribution >= 0.6 is 0 Å². The van der Waals surface area contributed by atoms with Crippen LogP contribution < -0.4 is 5.11 Å². The van der Waals surface area contributed by atoms with Gasteiger partial charge in [0.1, 0.15) is 0 Å². The third-order valence-electron chi connectivity index (χ3n) is 1.85. The van der Waals surface area contributed by atoms with Crippen LogP contribution in [-0.4, -0.2) is 19.0 Å². The second-order valence-corrected chi connectivity index (χ2v) is 2.94. The van der Waals surface area contributed by atoms with Gasteiger partial charge in [0.05, 0.1) is 13.0 Å². The second-order valence-electron chi connectivity index (χ2n) is 2.94. The first-order chi connectivity index (χ1) is 6.11. The van der Waals surface area contributed by atoms with Gasteiger partial charge in [-0.1, -0.05) is 19.8 Å². The molecule has 76 valence electrons. The molecular weight excluding hydrogens is 172 g/mol. The zero-order valence-electron chi connectivity index (χ0n) is 8.04. The Bertz CT molecular complexity index is 176. The topological polar surface area (TPSA) is 66.4 Å². The highest BCUT2D eigenvalue weighted by molar-refractivity contribution is 5.78. The number of unbranched alkanes of at least 4 members (excludes halogenated alkanes) is 1. The summed E-state index contributed by atoms with van der Waals surface area (Å²) in [6.45, 7) is 1.98. The van der Waals surface area contributed by atoms with Gasteiger partial charge in [-0.15, -0.1) is 0 Å². The van der Waals surface area contributed by atoms with Gasteiger partial charge in [0.25, 0.3) is 0 Å². The van der Waals surface area contributed by atoms with E-state index < -0.39 is 17.9 Å². The van der Waals surface area contributed by atoms with Gasteiger partial charge in [-0.05, 0) is 6.42 Å². The molecule has 4 heteroatoms. The summed E-state index contributed by atoms with van der Waals surface area (Å²) in [4.78, 5) is 21.3. The molecule has 0 aromatic rings. The summed E-state index contributed by atoms with van der Waals surface area (Å²) in [5, 5.41) is 10.3. The number of esters is 1. The molecule has 0 heterocycles. The molecule has 0 saturated heterocycles. The molecular formula is C9H15O4-. The van der Waals surface area contributed by atoms with E-state index in [9.17, 15) is 14.7 Å². The quantitative estimate of drug-likeness (QED) is 0.553. The Labute approximate surface area is 77.9 Å². The molecule has 0 aromatic heterocycles. The minimum Gasteiger partial charge on any atom is -0.550 e. The predicted octanol–water partition coefficient (Wildman–Crippen LogP) is 0.106. The van der Waals surface area contributed by atoms with Gasteiger partial charge in [0.15, 0.2) is 0 Å². The molecule has 0 unspecified atom stereocenters. The molecule has 0 fully saturated rings. The fourth-order valence-electron chi connectivity index (χ4n) is 1.12. The van der Waals surface area contributed by atoms with E-state index in [1.807, 2.05) is 6.92 Å². The highest BCUT2D eigenvalue weighted by atomic mass is 16.5. The van der Waals surface area contributed by atoms with Crippen molar-refractivity contribution < 1.29 is 19.4 Å². The van der Waals surface area contributed by atoms with Crippen molar-refractivity contribution in [2.24, 2.45) is 5.92 Å². The molecule has 0 aromatic carbocycles. The molecule has 0 amide bonds. The molecule has 0 aliphatic rings. The lowest BCUT2D eigenvalue weighted by atomic mass is 9.99. The first-order valence-electron chi connectivity index (χ1n) is 4.39. The molecule has 0 aliphatic carbocycles. The zero-order chi connectivity index (χ0) is 10.3. The Balaban J connectivity index is 4.02. The maximum Gasteiger partial charge on any atom is 0.309 e. The summed E-state index contributed by atoms with van der Waals surface area (Å²) < 4.78 is 4.48. The lowest BCUT2D eigenvalue weighted by molar-refractivity contribution is -0.306. The third kappa shape index (κ3) is 5.22. The fraction of sp³-hybridized carbons (Fsp3) is 0.778. The highest BCUT2D eigenvalue weighted by Gasteiger charge is 2.18. The van der Waals surface area contributed by atoms with E-state index in [0.717, 1.165) is 12.8 Å². The van der Waals surface area contributed by atoms with Gasteiger partial charge in [0, 0.05) is 12.4 Å². The van der Waals surface area contributed by atoms with E-state index in [1.165, 1.54) is 7.11 Å². The van der Waals surface area contributed by atoms with Crippen molar-refractivity contribution >= 4 is 11.9 Å². The van der Waals surface area contributed by atoms with Crippen molar-refractivity contribution in [1.82, 2.24) is 0 Å². The van der Waals surface area contributed by atoms with Crippen LogP contribution in [-0.2, 0) is 14.3 Å². The minimum atomic E-state index is -1.20. The molecule has 13 heavy (non-hydrogen) atoms.